The summed E-state index contributed by atoms with van der Waals surface area (Å²) < 4.78 is 0. The van der Waals surface area contributed by atoms with Gasteiger partial charge in [-0.15, -0.1) is 0 Å². The van der Waals surface area contributed by atoms with Gasteiger partial charge in [0.25, 0.3) is 0 Å². The number of hydrogen-bond donors (Lipinski definition) is 0. The van der Waals surface area contributed by atoms with Gasteiger partial charge in [0.1, 0.15) is 0 Å². The summed E-state index contributed by atoms with van der Waals surface area (Å²) >= 11 is 0. The average Bonchev–Trinajstić information content (AvgIpc) is 2.24. The number of β-lactam (4-membered cyclic amide) rings is 1. The van der Waals surface area contributed by atoms with Crippen molar-refractivity contribution in [1.82, 2.24) is 4.90 Å². The molecule has 0 bridgehead atoms. The fraction of sp³-hybridized carbons (Fsp3) is 0.417. The summed E-state index contributed by atoms with van der Waals surface area (Å²) in [7, 11) is 0. The number of benzene rings is 1. The molecule has 2 nitrogen and oxygen atoms in total. The number of carbonyl (C=O) groups excluding carboxylic acids is 1. The lowest BCUT2D eigenvalue weighted by Gasteiger charge is -2.38. The van der Waals surface area contributed by atoms with Crippen LogP contribution in [-0.2, 0) is 11.3 Å². The lowest BCUT2D eigenvalue weighted by Crippen LogP contribution is -2.51. The zero-order valence-corrected chi connectivity index (χ0v) is 8.44. The highest BCUT2D eigenvalue weighted by atomic mass is 16.2. The van der Waals surface area contributed by atoms with Crippen molar-refractivity contribution in [2.24, 2.45) is 5.92 Å². The number of likely N-dealkylation sites (tertiary alicyclic amines) is 1. The van der Waals surface area contributed by atoms with Gasteiger partial charge in [-0.2, -0.15) is 0 Å². The molecule has 0 N–H and O–H groups in total. The third-order valence-corrected chi connectivity index (χ3v) is 2.81. The van der Waals surface area contributed by atoms with Crippen LogP contribution in [0.2, 0.25) is 0 Å². The van der Waals surface area contributed by atoms with E-state index in [0.29, 0.717) is 11.8 Å². The second kappa shape index (κ2) is 3.82. The largest absolute Gasteiger partial charge is 0.337 e. The molecule has 1 aliphatic heterocycles. The minimum atomic E-state index is 0.290. The normalized spacial score (nSPS) is 20.8. The first-order valence-corrected chi connectivity index (χ1v) is 5.14. The van der Waals surface area contributed by atoms with Crippen LogP contribution in [0.4, 0.5) is 0 Å². The number of amides is 1. The Balaban J connectivity index is 1.92. The van der Waals surface area contributed by atoms with Crippen LogP contribution in [0.15, 0.2) is 30.3 Å². The van der Waals surface area contributed by atoms with Crippen molar-refractivity contribution in [2.45, 2.75) is 19.9 Å². The van der Waals surface area contributed by atoms with E-state index in [0.717, 1.165) is 19.5 Å². The summed E-state index contributed by atoms with van der Waals surface area (Å²) in [6, 6.07) is 10.1. The van der Waals surface area contributed by atoms with Gasteiger partial charge in [-0.3, -0.25) is 4.79 Å². The van der Waals surface area contributed by atoms with Gasteiger partial charge in [0.05, 0.1) is 5.92 Å². The Labute approximate surface area is 84.5 Å². The molecular formula is C12H15NO. The standard InChI is InChI=1S/C12H15NO/c1-2-11-9-13(12(11)14)8-10-6-4-3-5-7-10/h3-7,11H,2,8-9H2,1H3. The van der Waals surface area contributed by atoms with Crippen LogP contribution in [0.25, 0.3) is 0 Å². The van der Waals surface area contributed by atoms with E-state index >= 15 is 0 Å². The highest BCUT2D eigenvalue weighted by Crippen LogP contribution is 2.22. The highest BCUT2D eigenvalue weighted by Gasteiger charge is 2.34. The topological polar surface area (TPSA) is 20.3 Å². The summed E-state index contributed by atoms with van der Waals surface area (Å²) in [5.41, 5.74) is 1.22. The highest BCUT2D eigenvalue weighted by molar-refractivity contribution is 5.84. The molecule has 1 heterocycles. The van der Waals surface area contributed by atoms with E-state index in [1.54, 1.807) is 0 Å². The predicted molar refractivity (Wildman–Crippen MR) is 55.6 cm³/mol. The first-order valence-electron chi connectivity index (χ1n) is 5.14. The molecule has 1 aromatic carbocycles. The Kier molecular flexibility index (Phi) is 2.53. The van der Waals surface area contributed by atoms with Crippen molar-refractivity contribution in [1.29, 1.82) is 0 Å². The van der Waals surface area contributed by atoms with Gasteiger partial charge >= 0.3 is 0 Å². The zero-order chi connectivity index (χ0) is 9.97. The molecule has 2 rings (SSSR count). The number of rotatable bonds is 3. The van der Waals surface area contributed by atoms with Crippen molar-refractivity contribution in [3.63, 3.8) is 0 Å². The van der Waals surface area contributed by atoms with E-state index in [1.807, 2.05) is 23.1 Å². The van der Waals surface area contributed by atoms with Crippen molar-refractivity contribution in [3.05, 3.63) is 35.9 Å². The van der Waals surface area contributed by atoms with E-state index < -0.39 is 0 Å². The van der Waals surface area contributed by atoms with Crippen LogP contribution in [0.3, 0.4) is 0 Å². The molecule has 1 atom stereocenters. The van der Waals surface area contributed by atoms with Gasteiger partial charge in [-0.25, -0.2) is 0 Å². The van der Waals surface area contributed by atoms with Crippen molar-refractivity contribution in [3.8, 4) is 0 Å². The molecule has 0 saturated carbocycles. The van der Waals surface area contributed by atoms with Crippen LogP contribution in [0.5, 0.6) is 0 Å². The maximum atomic E-state index is 11.5. The maximum Gasteiger partial charge on any atom is 0.227 e. The Morgan fingerprint density at radius 2 is 2.07 bits per heavy atom. The molecule has 0 aliphatic carbocycles. The molecule has 2 heteroatoms. The molecule has 14 heavy (non-hydrogen) atoms. The molecule has 1 aromatic rings. The third kappa shape index (κ3) is 1.65. The second-order valence-corrected chi connectivity index (χ2v) is 3.81. The molecule has 1 amide bonds. The van der Waals surface area contributed by atoms with Crippen LogP contribution < -0.4 is 0 Å². The maximum absolute atomic E-state index is 11.5. The van der Waals surface area contributed by atoms with Crippen LogP contribution in [0.1, 0.15) is 18.9 Å². The molecule has 0 spiro atoms. The van der Waals surface area contributed by atoms with Crippen LogP contribution >= 0.6 is 0 Å². The molecule has 1 fully saturated rings. The average molecular weight is 189 g/mol. The molecule has 1 unspecified atom stereocenters. The Bertz CT molecular complexity index is 320. The van der Waals surface area contributed by atoms with Crippen molar-refractivity contribution < 1.29 is 4.79 Å². The molecule has 74 valence electrons. The smallest absolute Gasteiger partial charge is 0.227 e. The summed E-state index contributed by atoms with van der Waals surface area (Å²) in [5, 5.41) is 0. The fourth-order valence-corrected chi connectivity index (χ4v) is 1.83. The van der Waals surface area contributed by atoms with Gasteiger partial charge in [-0.05, 0) is 12.0 Å². The summed E-state index contributed by atoms with van der Waals surface area (Å²) in [6.45, 7) is 3.78. The van der Waals surface area contributed by atoms with Gasteiger partial charge in [0.2, 0.25) is 5.91 Å². The van der Waals surface area contributed by atoms with Gasteiger partial charge < -0.3 is 4.90 Å². The van der Waals surface area contributed by atoms with E-state index in [9.17, 15) is 4.79 Å². The van der Waals surface area contributed by atoms with E-state index in [2.05, 4.69) is 19.1 Å². The number of hydrogen-bond acceptors (Lipinski definition) is 1. The van der Waals surface area contributed by atoms with Gasteiger partial charge in [0.15, 0.2) is 0 Å². The first-order chi connectivity index (χ1) is 6.81. The van der Waals surface area contributed by atoms with E-state index in [1.165, 1.54) is 5.56 Å². The SMILES string of the molecule is CCC1CN(Cc2ccccc2)C1=O. The summed E-state index contributed by atoms with van der Waals surface area (Å²) in [4.78, 5) is 13.4. The number of carbonyl (C=O) groups is 1. The molecule has 0 radical (unpaired) electrons. The van der Waals surface area contributed by atoms with Gasteiger partial charge in [-0.1, -0.05) is 37.3 Å². The molecule has 0 aromatic heterocycles. The van der Waals surface area contributed by atoms with Gasteiger partial charge in [0, 0.05) is 13.1 Å². The lowest BCUT2D eigenvalue weighted by molar-refractivity contribution is -0.148. The molecule has 1 aliphatic rings. The molecule has 1 saturated heterocycles. The summed E-state index contributed by atoms with van der Waals surface area (Å²) in [5.74, 6) is 0.607. The van der Waals surface area contributed by atoms with Crippen LogP contribution in [-0.4, -0.2) is 17.4 Å². The minimum absolute atomic E-state index is 0.290. The first kappa shape index (κ1) is 9.25. The zero-order valence-electron chi connectivity index (χ0n) is 8.44. The van der Waals surface area contributed by atoms with E-state index in [-0.39, 0.29) is 0 Å². The monoisotopic (exact) mass is 189 g/mol. The Morgan fingerprint density at radius 3 is 2.64 bits per heavy atom. The van der Waals surface area contributed by atoms with Crippen molar-refractivity contribution >= 4 is 5.91 Å². The molecular weight excluding hydrogens is 174 g/mol. The predicted octanol–water partition coefficient (Wildman–Crippen LogP) is 2.05. The summed E-state index contributed by atoms with van der Waals surface area (Å²) in [6.07, 6.45) is 0.976. The minimum Gasteiger partial charge on any atom is -0.337 e. The Hall–Kier alpha value is -1.31. The Morgan fingerprint density at radius 1 is 1.36 bits per heavy atom. The fourth-order valence-electron chi connectivity index (χ4n) is 1.83. The quantitative estimate of drug-likeness (QED) is 0.666. The van der Waals surface area contributed by atoms with E-state index in [4.69, 9.17) is 0 Å². The third-order valence-electron chi connectivity index (χ3n) is 2.81. The second-order valence-electron chi connectivity index (χ2n) is 3.81. The van der Waals surface area contributed by atoms with Crippen molar-refractivity contribution in [2.75, 3.05) is 6.54 Å². The number of nitrogens with zero attached hydrogens (tertiary/aromatic N) is 1. The lowest BCUT2D eigenvalue weighted by atomic mass is 9.95. The van der Waals surface area contributed by atoms with Crippen LogP contribution in [0, 0.1) is 5.92 Å².